The van der Waals surface area contributed by atoms with Crippen LogP contribution < -0.4 is 4.90 Å². The SMILES string of the molecule is Cc1ccc(C=CC(=O)O)cc1N1C(=O)CC(C)(C)C1=O. The summed E-state index contributed by atoms with van der Waals surface area (Å²) in [5, 5.41) is 8.66. The van der Waals surface area contributed by atoms with Crippen LogP contribution in [0.5, 0.6) is 0 Å². The first-order valence-corrected chi connectivity index (χ1v) is 6.61. The minimum atomic E-state index is -1.05. The van der Waals surface area contributed by atoms with Crippen molar-refractivity contribution in [3.8, 4) is 0 Å². The maximum absolute atomic E-state index is 12.4. The Bertz CT molecular complexity index is 658. The number of carbonyl (C=O) groups excluding carboxylic acids is 2. The predicted molar refractivity (Wildman–Crippen MR) is 78.7 cm³/mol. The summed E-state index contributed by atoms with van der Waals surface area (Å²) in [5.74, 6) is -1.51. The highest BCUT2D eigenvalue weighted by atomic mass is 16.4. The zero-order valence-electron chi connectivity index (χ0n) is 12.2. The van der Waals surface area contributed by atoms with Gasteiger partial charge in [0.2, 0.25) is 11.8 Å². The van der Waals surface area contributed by atoms with E-state index >= 15 is 0 Å². The molecule has 1 N–H and O–H groups in total. The van der Waals surface area contributed by atoms with E-state index in [1.807, 2.05) is 6.92 Å². The van der Waals surface area contributed by atoms with Crippen molar-refractivity contribution in [2.24, 2.45) is 5.41 Å². The van der Waals surface area contributed by atoms with Crippen LogP contribution in [0.1, 0.15) is 31.4 Å². The van der Waals surface area contributed by atoms with E-state index < -0.39 is 11.4 Å². The van der Waals surface area contributed by atoms with Crippen LogP contribution in [0.4, 0.5) is 5.69 Å². The Morgan fingerprint density at radius 1 is 1.33 bits per heavy atom. The van der Waals surface area contributed by atoms with E-state index in [1.165, 1.54) is 11.0 Å². The number of carboxylic acid groups (broad SMARTS) is 1. The van der Waals surface area contributed by atoms with E-state index in [-0.39, 0.29) is 18.2 Å². The van der Waals surface area contributed by atoms with Crippen LogP contribution in [0.25, 0.3) is 6.08 Å². The number of aryl methyl sites for hydroxylation is 1. The van der Waals surface area contributed by atoms with Gasteiger partial charge in [-0.3, -0.25) is 9.59 Å². The molecular weight excluding hydrogens is 270 g/mol. The smallest absolute Gasteiger partial charge is 0.328 e. The number of anilines is 1. The van der Waals surface area contributed by atoms with Gasteiger partial charge in [-0.25, -0.2) is 9.69 Å². The number of hydrogen-bond acceptors (Lipinski definition) is 3. The first-order valence-electron chi connectivity index (χ1n) is 6.61. The van der Waals surface area contributed by atoms with E-state index in [0.29, 0.717) is 11.3 Å². The van der Waals surface area contributed by atoms with Crippen LogP contribution in [0, 0.1) is 12.3 Å². The minimum absolute atomic E-state index is 0.181. The van der Waals surface area contributed by atoms with Crippen molar-refractivity contribution in [2.75, 3.05) is 4.90 Å². The zero-order chi connectivity index (χ0) is 15.8. The number of aliphatic carboxylic acids is 1. The monoisotopic (exact) mass is 287 g/mol. The maximum atomic E-state index is 12.4. The molecule has 1 aliphatic rings. The fourth-order valence-corrected chi connectivity index (χ4v) is 2.33. The fourth-order valence-electron chi connectivity index (χ4n) is 2.33. The molecule has 2 amide bonds. The summed E-state index contributed by atoms with van der Waals surface area (Å²) < 4.78 is 0. The summed E-state index contributed by atoms with van der Waals surface area (Å²) in [6.07, 6.45) is 2.63. The second-order valence-corrected chi connectivity index (χ2v) is 5.81. The molecule has 1 aromatic rings. The molecule has 5 heteroatoms. The zero-order valence-corrected chi connectivity index (χ0v) is 12.2. The molecule has 1 fully saturated rings. The van der Waals surface area contributed by atoms with E-state index in [4.69, 9.17) is 5.11 Å². The van der Waals surface area contributed by atoms with Gasteiger partial charge in [-0.05, 0) is 30.2 Å². The minimum Gasteiger partial charge on any atom is -0.478 e. The highest BCUT2D eigenvalue weighted by Crippen LogP contribution is 2.36. The molecule has 0 radical (unpaired) electrons. The molecule has 2 rings (SSSR count). The average Bonchev–Trinajstić information content (AvgIpc) is 2.58. The number of hydrogen-bond donors (Lipinski definition) is 1. The fraction of sp³-hybridized carbons (Fsp3) is 0.312. The molecule has 5 nitrogen and oxygen atoms in total. The summed E-state index contributed by atoms with van der Waals surface area (Å²) in [6.45, 7) is 5.30. The number of benzene rings is 1. The predicted octanol–water partition coefficient (Wildman–Crippen LogP) is 2.38. The molecule has 0 aromatic heterocycles. The second kappa shape index (κ2) is 5.16. The molecular formula is C16H17NO4. The van der Waals surface area contributed by atoms with Gasteiger partial charge in [0, 0.05) is 12.5 Å². The third-order valence-corrected chi connectivity index (χ3v) is 3.52. The van der Waals surface area contributed by atoms with E-state index in [0.717, 1.165) is 11.6 Å². The van der Waals surface area contributed by atoms with Crippen molar-refractivity contribution in [1.82, 2.24) is 0 Å². The molecule has 1 aromatic carbocycles. The molecule has 1 saturated heterocycles. The maximum Gasteiger partial charge on any atom is 0.328 e. The van der Waals surface area contributed by atoms with Crippen molar-refractivity contribution in [3.05, 3.63) is 35.4 Å². The van der Waals surface area contributed by atoms with Crippen molar-refractivity contribution < 1.29 is 19.5 Å². The van der Waals surface area contributed by atoms with Gasteiger partial charge >= 0.3 is 5.97 Å². The second-order valence-electron chi connectivity index (χ2n) is 5.81. The molecule has 0 aliphatic carbocycles. The summed E-state index contributed by atoms with van der Waals surface area (Å²) in [4.78, 5) is 36.3. The summed E-state index contributed by atoms with van der Waals surface area (Å²) in [5.41, 5.74) is 1.24. The Morgan fingerprint density at radius 2 is 2.00 bits per heavy atom. The van der Waals surface area contributed by atoms with E-state index in [1.54, 1.807) is 32.0 Å². The van der Waals surface area contributed by atoms with Gasteiger partial charge in [0.15, 0.2) is 0 Å². The lowest BCUT2D eigenvalue weighted by atomic mass is 9.92. The topological polar surface area (TPSA) is 74.7 Å². The quantitative estimate of drug-likeness (QED) is 0.684. The summed E-state index contributed by atoms with van der Waals surface area (Å²) in [6, 6.07) is 5.17. The molecule has 0 saturated carbocycles. The first-order chi connectivity index (χ1) is 9.72. The van der Waals surface area contributed by atoms with Crippen molar-refractivity contribution in [2.45, 2.75) is 27.2 Å². The number of nitrogens with zero attached hydrogens (tertiary/aromatic N) is 1. The molecule has 1 aliphatic heterocycles. The van der Waals surface area contributed by atoms with Gasteiger partial charge in [0.05, 0.1) is 11.1 Å². The molecule has 0 unspecified atom stereocenters. The van der Waals surface area contributed by atoms with E-state index in [9.17, 15) is 14.4 Å². The van der Waals surface area contributed by atoms with Crippen molar-refractivity contribution in [1.29, 1.82) is 0 Å². The highest BCUT2D eigenvalue weighted by molar-refractivity contribution is 6.22. The molecule has 110 valence electrons. The van der Waals surface area contributed by atoms with Gasteiger partial charge < -0.3 is 5.11 Å². The van der Waals surface area contributed by atoms with E-state index in [2.05, 4.69) is 0 Å². The third-order valence-electron chi connectivity index (χ3n) is 3.52. The van der Waals surface area contributed by atoms with Crippen LogP contribution in [0.3, 0.4) is 0 Å². The average molecular weight is 287 g/mol. The Kier molecular flexibility index (Phi) is 3.68. The highest BCUT2D eigenvalue weighted by Gasteiger charge is 2.45. The van der Waals surface area contributed by atoms with Crippen LogP contribution >= 0.6 is 0 Å². The van der Waals surface area contributed by atoms with Gasteiger partial charge in [0.25, 0.3) is 0 Å². The number of amides is 2. The summed E-state index contributed by atoms with van der Waals surface area (Å²) in [7, 11) is 0. The lowest BCUT2D eigenvalue weighted by Gasteiger charge is -2.20. The van der Waals surface area contributed by atoms with Crippen molar-refractivity contribution in [3.63, 3.8) is 0 Å². The normalized spacial score (nSPS) is 17.8. The number of carboxylic acids is 1. The van der Waals surface area contributed by atoms with Crippen LogP contribution in [-0.4, -0.2) is 22.9 Å². The largest absolute Gasteiger partial charge is 0.478 e. The lowest BCUT2D eigenvalue weighted by molar-refractivity contribution is -0.131. The number of carbonyl (C=O) groups is 3. The molecule has 0 bridgehead atoms. The molecule has 0 spiro atoms. The molecule has 1 heterocycles. The van der Waals surface area contributed by atoms with Crippen LogP contribution in [-0.2, 0) is 14.4 Å². The third kappa shape index (κ3) is 2.86. The number of rotatable bonds is 3. The molecule has 0 atom stereocenters. The summed E-state index contributed by atoms with van der Waals surface area (Å²) >= 11 is 0. The van der Waals surface area contributed by atoms with Gasteiger partial charge in [-0.15, -0.1) is 0 Å². The first kappa shape index (κ1) is 15.0. The Labute approximate surface area is 122 Å². The van der Waals surface area contributed by atoms with Crippen molar-refractivity contribution >= 4 is 29.5 Å². The van der Waals surface area contributed by atoms with Crippen LogP contribution in [0.2, 0.25) is 0 Å². The Morgan fingerprint density at radius 3 is 2.52 bits per heavy atom. The Hall–Kier alpha value is -2.43. The number of imide groups is 1. The van der Waals surface area contributed by atoms with Gasteiger partial charge in [-0.1, -0.05) is 26.0 Å². The lowest BCUT2D eigenvalue weighted by Crippen LogP contribution is -2.33. The Balaban J connectivity index is 2.44. The van der Waals surface area contributed by atoms with Crippen LogP contribution in [0.15, 0.2) is 24.3 Å². The van der Waals surface area contributed by atoms with Gasteiger partial charge in [0.1, 0.15) is 0 Å². The van der Waals surface area contributed by atoms with Gasteiger partial charge in [-0.2, -0.15) is 0 Å². The standard InChI is InChI=1S/C16H17NO4/c1-10-4-5-11(6-7-14(19)20)8-12(10)17-13(18)9-16(2,3)15(17)21/h4-8H,9H2,1-3H3,(H,19,20). The molecule has 21 heavy (non-hydrogen) atoms.